The summed E-state index contributed by atoms with van der Waals surface area (Å²) < 4.78 is 31.6. The Hall–Kier alpha value is -2.22. The van der Waals surface area contributed by atoms with Crippen LogP contribution in [0, 0.1) is 11.6 Å². The van der Waals surface area contributed by atoms with Crippen molar-refractivity contribution >= 4 is 12.1 Å². The number of ether oxygens (including phenoxy) is 1. The number of aliphatic carboxylic acids is 1. The third kappa shape index (κ3) is 7.36. The maximum atomic E-state index is 13.3. The van der Waals surface area contributed by atoms with Gasteiger partial charge in [0, 0.05) is 6.07 Å². The Kier molecular flexibility index (Phi) is 6.65. The van der Waals surface area contributed by atoms with Crippen LogP contribution in [0.3, 0.4) is 0 Å². The van der Waals surface area contributed by atoms with Gasteiger partial charge in [0.15, 0.2) is 0 Å². The second-order valence-electron chi connectivity index (χ2n) is 6.40. The number of rotatable bonds is 6. The van der Waals surface area contributed by atoms with E-state index in [9.17, 15) is 23.5 Å². The van der Waals surface area contributed by atoms with Gasteiger partial charge >= 0.3 is 12.1 Å². The fraction of sp³-hybridized carbons (Fsp3) is 0.500. The molecule has 24 heavy (non-hydrogen) atoms. The first kappa shape index (κ1) is 19.8. The van der Waals surface area contributed by atoms with Crippen LogP contribution in [0.1, 0.15) is 32.8 Å². The first-order valence-electron chi connectivity index (χ1n) is 7.30. The van der Waals surface area contributed by atoms with Gasteiger partial charge in [-0.05, 0) is 44.9 Å². The van der Waals surface area contributed by atoms with Gasteiger partial charge in [0.05, 0.1) is 18.6 Å². The Labute approximate surface area is 138 Å². The van der Waals surface area contributed by atoms with Crippen LogP contribution in [0.5, 0.6) is 0 Å². The van der Waals surface area contributed by atoms with Gasteiger partial charge in [0.2, 0.25) is 0 Å². The number of hydrogen-bond donors (Lipinski definition) is 3. The number of carboxylic acids is 1. The molecule has 6 nitrogen and oxygen atoms in total. The van der Waals surface area contributed by atoms with E-state index in [2.05, 4.69) is 5.32 Å². The number of carbonyl (C=O) groups is 2. The highest BCUT2D eigenvalue weighted by atomic mass is 19.1. The number of halogens is 2. The SMILES string of the molecule is CC(C)(C)OC(=O)N[C@@H](Cc1cc(F)cc(F)c1)[C@@H](O)CC(=O)O. The molecule has 0 spiro atoms. The average molecular weight is 345 g/mol. The molecule has 0 fully saturated rings. The van der Waals surface area contributed by atoms with Crippen molar-refractivity contribution in [1.82, 2.24) is 5.32 Å². The predicted molar refractivity (Wildman–Crippen MR) is 81.5 cm³/mol. The molecule has 0 radical (unpaired) electrons. The van der Waals surface area contributed by atoms with E-state index in [1.54, 1.807) is 20.8 Å². The number of aliphatic hydroxyl groups is 1. The monoisotopic (exact) mass is 345 g/mol. The standard InChI is InChI=1S/C16H21F2NO5/c1-16(2,3)24-15(23)19-12(13(20)8-14(21)22)6-9-4-10(17)7-11(18)5-9/h4-5,7,12-13,20H,6,8H2,1-3H3,(H,19,23)(H,21,22)/t12-,13-/m0/s1. The second kappa shape index (κ2) is 8.05. The number of nitrogens with one attached hydrogen (secondary N) is 1. The minimum atomic E-state index is -1.46. The Balaban J connectivity index is 2.92. The normalized spacial score (nSPS) is 13.9. The van der Waals surface area contributed by atoms with E-state index in [1.165, 1.54) is 0 Å². The van der Waals surface area contributed by atoms with Gasteiger partial charge in [-0.2, -0.15) is 0 Å². The van der Waals surface area contributed by atoms with Crippen LogP contribution in [0.2, 0.25) is 0 Å². The Morgan fingerprint density at radius 1 is 1.21 bits per heavy atom. The lowest BCUT2D eigenvalue weighted by atomic mass is 9.99. The van der Waals surface area contributed by atoms with Crippen molar-refractivity contribution in [2.75, 3.05) is 0 Å². The van der Waals surface area contributed by atoms with Crippen molar-refractivity contribution in [1.29, 1.82) is 0 Å². The van der Waals surface area contributed by atoms with E-state index in [0.717, 1.165) is 12.1 Å². The molecule has 0 saturated heterocycles. The summed E-state index contributed by atoms with van der Waals surface area (Å²) in [6, 6.07) is 1.69. The van der Waals surface area contributed by atoms with E-state index in [1.807, 2.05) is 0 Å². The van der Waals surface area contributed by atoms with E-state index in [-0.39, 0.29) is 12.0 Å². The van der Waals surface area contributed by atoms with Gasteiger partial charge in [-0.3, -0.25) is 4.79 Å². The summed E-state index contributed by atoms with van der Waals surface area (Å²) in [6.45, 7) is 4.91. The van der Waals surface area contributed by atoms with Crippen LogP contribution < -0.4 is 5.32 Å². The van der Waals surface area contributed by atoms with Crippen LogP contribution in [-0.2, 0) is 16.0 Å². The topological polar surface area (TPSA) is 95.9 Å². The molecule has 0 heterocycles. The third-order valence-corrected chi connectivity index (χ3v) is 2.93. The molecule has 2 atom stereocenters. The van der Waals surface area contributed by atoms with Crippen LogP contribution >= 0.6 is 0 Å². The zero-order valence-electron chi connectivity index (χ0n) is 13.7. The molecule has 0 unspecified atom stereocenters. The average Bonchev–Trinajstić information content (AvgIpc) is 2.33. The number of aliphatic hydroxyl groups excluding tert-OH is 1. The molecule has 1 amide bonds. The first-order chi connectivity index (χ1) is 11.0. The molecule has 1 rings (SSSR count). The van der Waals surface area contributed by atoms with E-state index < -0.39 is 47.9 Å². The maximum absolute atomic E-state index is 13.3. The first-order valence-corrected chi connectivity index (χ1v) is 7.30. The number of carboxylic acid groups (broad SMARTS) is 1. The summed E-state index contributed by atoms with van der Waals surface area (Å²) in [6.07, 6.45) is -3.13. The Morgan fingerprint density at radius 2 is 1.75 bits per heavy atom. The van der Waals surface area contributed by atoms with Gasteiger partial charge in [0.1, 0.15) is 17.2 Å². The molecule has 0 bridgehead atoms. The zero-order chi connectivity index (χ0) is 18.5. The molecule has 1 aromatic rings. The Morgan fingerprint density at radius 3 is 2.21 bits per heavy atom. The number of amides is 1. The minimum Gasteiger partial charge on any atom is -0.481 e. The minimum absolute atomic E-state index is 0.164. The van der Waals surface area contributed by atoms with Crippen molar-refractivity contribution in [3.63, 3.8) is 0 Å². The molecule has 134 valence electrons. The molecular weight excluding hydrogens is 324 g/mol. The molecule has 1 aromatic carbocycles. The molecule has 8 heteroatoms. The lowest BCUT2D eigenvalue weighted by Gasteiger charge is -2.26. The van der Waals surface area contributed by atoms with Crippen molar-refractivity contribution in [2.24, 2.45) is 0 Å². The molecule has 0 aromatic heterocycles. The van der Waals surface area contributed by atoms with Crippen LogP contribution in [0.25, 0.3) is 0 Å². The molecule has 3 N–H and O–H groups in total. The fourth-order valence-corrected chi connectivity index (χ4v) is 2.05. The molecular formula is C16H21F2NO5. The van der Waals surface area contributed by atoms with Gasteiger partial charge in [-0.15, -0.1) is 0 Å². The summed E-state index contributed by atoms with van der Waals surface area (Å²) in [5.74, 6) is -2.90. The van der Waals surface area contributed by atoms with Crippen LogP contribution in [-0.4, -0.2) is 40.0 Å². The zero-order valence-corrected chi connectivity index (χ0v) is 13.7. The quantitative estimate of drug-likeness (QED) is 0.735. The molecule has 0 aliphatic carbocycles. The van der Waals surface area contributed by atoms with E-state index in [0.29, 0.717) is 6.07 Å². The Bertz CT molecular complexity index is 580. The summed E-state index contributed by atoms with van der Waals surface area (Å²) in [4.78, 5) is 22.6. The van der Waals surface area contributed by atoms with Crippen LogP contribution in [0.15, 0.2) is 18.2 Å². The number of hydrogen-bond acceptors (Lipinski definition) is 4. The smallest absolute Gasteiger partial charge is 0.407 e. The van der Waals surface area contributed by atoms with E-state index >= 15 is 0 Å². The molecule has 0 aliphatic heterocycles. The highest BCUT2D eigenvalue weighted by Crippen LogP contribution is 2.14. The van der Waals surface area contributed by atoms with Crippen LogP contribution in [0.4, 0.5) is 13.6 Å². The third-order valence-electron chi connectivity index (χ3n) is 2.93. The summed E-state index contributed by atoms with van der Waals surface area (Å²) in [5.41, 5.74) is -0.629. The predicted octanol–water partition coefficient (Wildman–Crippen LogP) is 2.24. The van der Waals surface area contributed by atoms with Crippen molar-refractivity contribution in [3.05, 3.63) is 35.4 Å². The van der Waals surface area contributed by atoms with Crippen molar-refractivity contribution < 1.29 is 33.3 Å². The van der Waals surface area contributed by atoms with Crippen molar-refractivity contribution in [3.8, 4) is 0 Å². The second-order valence-corrected chi connectivity index (χ2v) is 6.40. The highest BCUT2D eigenvalue weighted by molar-refractivity contribution is 5.69. The summed E-state index contributed by atoms with van der Waals surface area (Å²) >= 11 is 0. The van der Waals surface area contributed by atoms with Gasteiger partial charge in [-0.1, -0.05) is 0 Å². The maximum Gasteiger partial charge on any atom is 0.407 e. The fourth-order valence-electron chi connectivity index (χ4n) is 2.05. The lowest BCUT2D eigenvalue weighted by molar-refractivity contribution is -0.139. The van der Waals surface area contributed by atoms with E-state index in [4.69, 9.17) is 9.84 Å². The van der Waals surface area contributed by atoms with Gasteiger partial charge in [-0.25, -0.2) is 13.6 Å². The largest absolute Gasteiger partial charge is 0.481 e. The van der Waals surface area contributed by atoms with Crippen molar-refractivity contribution in [2.45, 2.75) is 51.4 Å². The molecule has 0 aliphatic rings. The summed E-state index contributed by atoms with van der Waals surface area (Å²) in [5, 5.41) is 21.1. The lowest BCUT2D eigenvalue weighted by Crippen LogP contribution is -2.47. The highest BCUT2D eigenvalue weighted by Gasteiger charge is 2.26. The number of benzene rings is 1. The number of alkyl carbamates (subject to hydrolysis) is 1. The number of carbonyl (C=O) groups excluding carboxylic acids is 1. The van der Waals surface area contributed by atoms with Gasteiger partial charge < -0.3 is 20.3 Å². The summed E-state index contributed by atoms with van der Waals surface area (Å²) in [7, 11) is 0. The van der Waals surface area contributed by atoms with Gasteiger partial charge in [0.25, 0.3) is 0 Å². The molecule has 0 saturated carbocycles.